The van der Waals surface area contributed by atoms with Crippen LogP contribution >= 0.6 is 0 Å². The SMILES string of the molecule is CCCN(CCC)CC(O)Cn1cc(C=CC(=O)c2ccc(C)cc2)c2ccccc21. The Balaban J connectivity index is 1.78. The van der Waals surface area contributed by atoms with E-state index in [1.807, 2.05) is 55.6 Å². The molecule has 164 valence electrons. The van der Waals surface area contributed by atoms with Crippen molar-refractivity contribution >= 4 is 22.8 Å². The van der Waals surface area contributed by atoms with Crippen LogP contribution in [0.4, 0.5) is 0 Å². The van der Waals surface area contributed by atoms with Crippen molar-refractivity contribution in [3.8, 4) is 0 Å². The molecular weight excluding hydrogens is 384 g/mol. The molecule has 0 bridgehead atoms. The van der Waals surface area contributed by atoms with E-state index in [1.165, 1.54) is 0 Å². The molecule has 3 rings (SSSR count). The van der Waals surface area contributed by atoms with Crippen molar-refractivity contribution in [3.05, 3.63) is 77.5 Å². The second kappa shape index (κ2) is 11.1. The van der Waals surface area contributed by atoms with Gasteiger partial charge in [0.2, 0.25) is 0 Å². The van der Waals surface area contributed by atoms with E-state index >= 15 is 0 Å². The monoisotopic (exact) mass is 418 g/mol. The standard InChI is InChI=1S/C27H34N2O2/c1-4-16-28(17-5-2)19-24(30)20-29-18-23(25-8-6-7-9-26(25)29)14-15-27(31)22-12-10-21(3)11-13-22/h6-15,18,24,30H,4-5,16-17,19-20H2,1-3H3. The second-order valence-electron chi connectivity index (χ2n) is 8.27. The highest BCUT2D eigenvalue weighted by atomic mass is 16.3. The first-order valence-corrected chi connectivity index (χ1v) is 11.3. The average molecular weight is 419 g/mol. The predicted octanol–water partition coefficient (Wildman–Crippen LogP) is 5.33. The summed E-state index contributed by atoms with van der Waals surface area (Å²) in [5, 5.41) is 11.8. The summed E-state index contributed by atoms with van der Waals surface area (Å²) in [6, 6.07) is 15.8. The number of aliphatic hydroxyl groups is 1. The Labute approximate surface area is 185 Å². The molecule has 1 aromatic heterocycles. The Kier molecular flexibility index (Phi) is 8.21. The lowest BCUT2D eigenvalue weighted by atomic mass is 10.1. The van der Waals surface area contributed by atoms with Crippen LogP contribution in [-0.2, 0) is 6.54 Å². The summed E-state index contributed by atoms with van der Waals surface area (Å²) in [5.41, 5.74) is 3.88. The fraction of sp³-hybridized carbons (Fsp3) is 0.370. The Hall–Kier alpha value is -2.69. The Morgan fingerprint density at radius 2 is 1.74 bits per heavy atom. The van der Waals surface area contributed by atoms with Gasteiger partial charge in [0, 0.05) is 41.3 Å². The normalized spacial score (nSPS) is 12.8. The molecule has 0 aliphatic carbocycles. The molecule has 0 fully saturated rings. The highest BCUT2D eigenvalue weighted by Crippen LogP contribution is 2.23. The molecule has 4 nitrogen and oxygen atoms in total. The molecule has 3 aromatic rings. The number of para-hydroxylation sites is 1. The van der Waals surface area contributed by atoms with Crippen molar-refractivity contribution in [1.82, 2.24) is 9.47 Å². The first-order chi connectivity index (χ1) is 15.0. The lowest BCUT2D eigenvalue weighted by Crippen LogP contribution is -2.35. The molecule has 0 saturated heterocycles. The van der Waals surface area contributed by atoms with E-state index < -0.39 is 6.10 Å². The van der Waals surface area contributed by atoms with Crippen LogP contribution in [0.25, 0.3) is 17.0 Å². The van der Waals surface area contributed by atoms with Crippen LogP contribution in [0.15, 0.2) is 60.8 Å². The van der Waals surface area contributed by atoms with Gasteiger partial charge in [-0.2, -0.15) is 0 Å². The first-order valence-electron chi connectivity index (χ1n) is 11.3. The van der Waals surface area contributed by atoms with Crippen molar-refractivity contribution in [1.29, 1.82) is 0 Å². The molecule has 0 saturated carbocycles. The number of aliphatic hydroxyl groups excluding tert-OH is 1. The van der Waals surface area contributed by atoms with E-state index in [9.17, 15) is 9.90 Å². The number of nitrogens with zero attached hydrogens (tertiary/aromatic N) is 2. The van der Waals surface area contributed by atoms with Crippen LogP contribution in [0.2, 0.25) is 0 Å². The van der Waals surface area contributed by atoms with E-state index in [-0.39, 0.29) is 5.78 Å². The zero-order valence-corrected chi connectivity index (χ0v) is 18.9. The first kappa shape index (κ1) is 23.0. The lowest BCUT2D eigenvalue weighted by Gasteiger charge is -2.24. The van der Waals surface area contributed by atoms with Crippen LogP contribution in [0.5, 0.6) is 0 Å². The number of benzene rings is 2. The molecular formula is C27H34N2O2. The van der Waals surface area contributed by atoms with Crippen LogP contribution in [0.3, 0.4) is 0 Å². The summed E-state index contributed by atoms with van der Waals surface area (Å²) < 4.78 is 2.10. The third kappa shape index (κ3) is 6.16. The predicted molar refractivity (Wildman–Crippen MR) is 130 cm³/mol. The van der Waals surface area contributed by atoms with Gasteiger partial charge in [-0.25, -0.2) is 0 Å². The van der Waals surface area contributed by atoms with Crippen LogP contribution in [0, 0.1) is 6.92 Å². The summed E-state index contributed by atoms with van der Waals surface area (Å²) in [6.45, 7) is 9.57. The second-order valence-corrected chi connectivity index (χ2v) is 8.27. The molecule has 31 heavy (non-hydrogen) atoms. The summed E-state index contributed by atoms with van der Waals surface area (Å²) in [6.07, 6.45) is 7.29. The Bertz CT molecular complexity index is 1010. The van der Waals surface area contributed by atoms with Crippen LogP contribution in [0.1, 0.15) is 48.2 Å². The third-order valence-corrected chi connectivity index (χ3v) is 5.53. The van der Waals surface area contributed by atoms with E-state index in [0.717, 1.165) is 48.0 Å². The zero-order chi connectivity index (χ0) is 22.2. The molecule has 1 atom stereocenters. The molecule has 4 heteroatoms. The van der Waals surface area contributed by atoms with Crippen molar-refractivity contribution in [2.24, 2.45) is 0 Å². The average Bonchev–Trinajstić information content (AvgIpc) is 3.10. The summed E-state index contributed by atoms with van der Waals surface area (Å²) in [5.74, 6) is -0.00774. The van der Waals surface area contributed by atoms with E-state index in [2.05, 4.69) is 35.4 Å². The fourth-order valence-electron chi connectivity index (χ4n) is 4.05. The maximum atomic E-state index is 12.6. The smallest absolute Gasteiger partial charge is 0.185 e. The molecule has 0 radical (unpaired) electrons. The molecule has 2 aromatic carbocycles. The van der Waals surface area contributed by atoms with Crippen molar-refractivity contribution < 1.29 is 9.90 Å². The van der Waals surface area contributed by atoms with Gasteiger partial charge in [0.15, 0.2) is 5.78 Å². The molecule has 0 amide bonds. The summed E-state index contributed by atoms with van der Waals surface area (Å²) in [4.78, 5) is 14.9. The van der Waals surface area contributed by atoms with Gasteiger partial charge in [0.1, 0.15) is 0 Å². The van der Waals surface area contributed by atoms with Gasteiger partial charge in [-0.1, -0.05) is 61.9 Å². The summed E-state index contributed by atoms with van der Waals surface area (Å²) in [7, 11) is 0. The molecule has 0 aliphatic rings. The fourth-order valence-corrected chi connectivity index (χ4v) is 4.05. The van der Waals surface area contributed by atoms with Crippen LogP contribution < -0.4 is 0 Å². The third-order valence-electron chi connectivity index (χ3n) is 5.53. The minimum Gasteiger partial charge on any atom is -0.390 e. The molecule has 1 unspecified atom stereocenters. The van der Waals surface area contributed by atoms with E-state index in [1.54, 1.807) is 6.08 Å². The molecule has 1 N–H and O–H groups in total. The maximum Gasteiger partial charge on any atom is 0.185 e. The number of carbonyl (C=O) groups excluding carboxylic acids is 1. The van der Waals surface area contributed by atoms with Gasteiger partial charge >= 0.3 is 0 Å². The molecule has 1 heterocycles. The molecule has 0 aliphatic heterocycles. The topological polar surface area (TPSA) is 45.5 Å². The maximum absolute atomic E-state index is 12.6. The highest BCUT2D eigenvalue weighted by molar-refractivity contribution is 6.07. The molecule has 0 spiro atoms. The van der Waals surface area contributed by atoms with Gasteiger partial charge < -0.3 is 14.6 Å². The van der Waals surface area contributed by atoms with E-state index in [4.69, 9.17) is 0 Å². The quantitative estimate of drug-likeness (QED) is 0.338. The van der Waals surface area contributed by atoms with Gasteiger partial charge in [-0.05, 0) is 51.1 Å². The van der Waals surface area contributed by atoms with Crippen LogP contribution in [-0.4, -0.2) is 46.1 Å². The van der Waals surface area contributed by atoms with Gasteiger partial charge in [0.25, 0.3) is 0 Å². The van der Waals surface area contributed by atoms with Gasteiger partial charge in [-0.15, -0.1) is 0 Å². The minimum absolute atomic E-state index is 0.00774. The minimum atomic E-state index is -0.445. The number of aromatic nitrogens is 1. The Morgan fingerprint density at radius 3 is 2.42 bits per heavy atom. The number of rotatable bonds is 11. The number of ketones is 1. The zero-order valence-electron chi connectivity index (χ0n) is 18.9. The lowest BCUT2D eigenvalue weighted by molar-refractivity contribution is 0.0988. The Morgan fingerprint density at radius 1 is 1.06 bits per heavy atom. The number of carbonyl (C=O) groups is 1. The number of hydrogen-bond acceptors (Lipinski definition) is 3. The van der Waals surface area contributed by atoms with Crippen molar-refractivity contribution in [2.45, 2.75) is 46.3 Å². The number of allylic oxidation sites excluding steroid dienone is 1. The number of aryl methyl sites for hydroxylation is 1. The highest BCUT2D eigenvalue weighted by Gasteiger charge is 2.14. The van der Waals surface area contributed by atoms with Gasteiger partial charge in [0.05, 0.1) is 6.10 Å². The number of hydrogen-bond donors (Lipinski definition) is 1. The van der Waals surface area contributed by atoms with Crippen molar-refractivity contribution in [2.75, 3.05) is 19.6 Å². The van der Waals surface area contributed by atoms with Gasteiger partial charge in [-0.3, -0.25) is 4.79 Å². The van der Waals surface area contributed by atoms with Crippen molar-refractivity contribution in [3.63, 3.8) is 0 Å². The number of fused-ring (bicyclic) bond motifs is 1. The van der Waals surface area contributed by atoms with E-state index in [0.29, 0.717) is 18.7 Å². The largest absolute Gasteiger partial charge is 0.390 e. The summed E-state index contributed by atoms with van der Waals surface area (Å²) >= 11 is 0.